The third kappa shape index (κ3) is 4.89. The number of nitrogens with one attached hydrogen (secondary N) is 1. The Kier molecular flexibility index (Phi) is 8.14. The van der Waals surface area contributed by atoms with Gasteiger partial charge in [-0.3, -0.25) is 14.9 Å². The van der Waals surface area contributed by atoms with E-state index in [1.807, 2.05) is 0 Å². The van der Waals surface area contributed by atoms with Crippen molar-refractivity contribution in [2.45, 2.75) is 12.3 Å². The first-order chi connectivity index (χ1) is 14.2. The van der Waals surface area contributed by atoms with Crippen LogP contribution in [0.5, 0.6) is 0 Å². The fourth-order valence-electron chi connectivity index (χ4n) is 3.09. The fraction of sp³-hybridized carbons (Fsp3) is 0.150. The molecule has 1 radical (unpaired) electrons. The normalized spacial score (nSPS) is 11.1. The van der Waals surface area contributed by atoms with E-state index in [0.29, 0.717) is 0 Å². The summed E-state index contributed by atoms with van der Waals surface area (Å²) in [4.78, 5) is 22.4. The Hall–Kier alpha value is -2.09. The van der Waals surface area contributed by atoms with E-state index in [9.17, 15) is 32.5 Å². The van der Waals surface area contributed by atoms with E-state index in [-0.39, 0.29) is 56.3 Å². The van der Waals surface area contributed by atoms with Crippen LogP contribution in [0.1, 0.15) is 12.6 Å². The molecule has 31 heavy (non-hydrogen) atoms. The second-order valence-corrected chi connectivity index (χ2v) is 6.32. The number of nitro groups is 1. The van der Waals surface area contributed by atoms with Crippen LogP contribution in [0.3, 0.4) is 0 Å². The van der Waals surface area contributed by atoms with Crippen molar-refractivity contribution in [1.29, 1.82) is 0 Å². The van der Waals surface area contributed by atoms with Crippen LogP contribution in [0.25, 0.3) is 10.8 Å². The number of nitro benzene ring substituents is 1. The van der Waals surface area contributed by atoms with Gasteiger partial charge in [-0.1, -0.05) is 24.3 Å². The third-order valence-electron chi connectivity index (χ3n) is 4.52. The second-order valence-electron chi connectivity index (χ2n) is 6.32. The van der Waals surface area contributed by atoms with Crippen LogP contribution >= 0.6 is 0 Å². The molecule has 0 heterocycles. The zero-order valence-corrected chi connectivity index (χ0v) is 20.5. The largest absolute Gasteiger partial charge is 0.396 e. The molecule has 3 rings (SSSR count). The van der Waals surface area contributed by atoms with Gasteiger partial charge in [0.05, 0.1) is 16.2 Å². The van der Waals surface area contributed by atoms with E-state index in [1.54, 1.807) is 5.32 Å². The number of halogens is 4. The first kappa shape index (κ1) is 25.2. The molecule has 161 valence electrons. The van der Waals surface area contributed by atoms with Gasteiger partial charge >= 0.3 is 5.92 Å². The Morgan fingerprint density at radius 3 is 2.35 bits per heavy atom. The van der Waals surface area contributed by atoms with Gasteiger partial charge in [0, 0.05) is 75.5 Å². The Morgan fingerprint density at radius 2 is 1.74 bits per heavy atom. The molecule has 0 saturated carbocycles. The summed E-state index contributed by atoms with van der Waals surface area (Å²) in [5.74, 6) is -8.12. The van der Waals surface area contributed by atoms with Gasteiger partial charge < -0.3 is 10.4 Å². The van der Waals surface area contributed by atoms with Gasteiger partial charge in [-0.2, -0.15) is 8.78 Å². The molecule has 6 nitrogen and oxygen atoms in total. The standard InChI is InChI=1S/C20H14F4N2O4.Ac.H2/c21-15-6-5-14(11-3-1-2-4-12(11)15)20(23,24)19(28)25-16-7-8-17(26(29)30)13(9-10-27)18(16)22;;/h1-8,27H,9-10H2,(H,25,28);;1H. The minimum atomic E-state index is -4.17. The topological polar surface area (TPSA) is 92.5 Å². The van der Waals surface area contributed by atoms with E-state index >= 15 is 0 Å². The molecule has 0 saturated heterocycles. The van der Waals surface area contributed by atoms with Crippen LogP contribution in [0.15, 0.2) is 48.5 Å². The van der Waals surface area contributed by atoms with Crippen molar-refractivity contribution >= 4 is 28.1 Å². The van der Waals surface area contributed by atoms with E-state index in [1.165, 1.54) is 24.3 Å². The van der Waals surface area contributed by atoms with Gasteiger partial charge in [-0.25, -0.2) is 8.78 Å². The maximum atomic E-state index is 14.9. The van der Waals surface area contributed by atoms with Crippen molar-refractivity contribution in [2.75, 3.05) is 11.9 Å². The van der Waals surface area contributed by atoms with Crippen molar-refractivity contribution in [3.8, 4) is 0 Å². The number of fused-ring (bicyclic) bond motifs is 1. The summed E-state index contributed by atoms with van der Waals surface area (Å²) >= 11 is 0. The van der Waals surface area contributed by atoms with Gasteiger partial charge in [0.15, 0.2) is 5.82 Å². The molecule has 3 aromatic rings. The predicted octanol–water partition coefficient (Wildman–Crippen LogP) is 4.54. The van der Waals surface area contributed by atoms with E-state index in [2.05, 4.69) is 0 Å². The molecule has 0 aliphatic carbocycles. The van der Waals surface area contributed by atoms with E-state index in [4.69, 9.17) is 5.11 Å². The SMILES string of the molecule is O=C(Nc1ccc([N+](=O)[O-])c(CCO)c1F)C(F)(F)c1ccc(F)c2ccccc12.[Ac].[HH]. The molecule has 0 atom stereocenters. The summed E-state index contributed by atoms with van der Waals surface area (Å²) in [6.45, 7) is -0.632. The Bertz CT molecular complexity index is 1160. The number of carbonyl (C=O) groups excluding carboxylic acids is 1. The number of alkyl halides is 2. The smallest absolute Gasteiger partial charge is 0.350 e. The number of amides is 1. The molecule has 0 fully saturated rings. The predicted molar refractivity (Wildman–Crippen MR) is 102 cm³/mol. The molecule has 0 aromatic heterocycles. The van der Waals surface area contributed by atoms with Crippen LogP contribution in [-0.4, -0.2) is 22.5 Å². The minimum Gasteiger partial charge on any atom is -0.396 e. The van der Waals surface area contributed by atoms with Crippen molar-refractivity contribution in [3.05, 3.63) is 81.4 Å². The molecule has 2 N–H and O–H groups in total. The zero-order valence-electron chi connectivity index (χ0n) is 15.7. The van der Waals surface area contributed by atoms with E-state index < -0.39 is 63.9 Å². The number of benzene rings is 3. The van der Waals surface area contributed by atoms with Crippen molar-refractivity contribution in [3.63, 3.8) is 0 Å². The van der Waals surface area contributed by atoms with Crippen molar-refractivity contribution < 1.29 is 77.9 Å². The number of nitrogens with zero attached hydrogens (tertiary/aromatic N) is 1. The van der Waals surface area contributed by atoms with Gasteiger partial charge in [0.1, 0.15) is 5.82 Å². The third-order valence-corrected chi connectivity index (χ3v) is 4.52. The second kappa shape index (κ2) is 10.0. The van der Waals surface area contributed by atoms with Crippen LogP contribution in [0.4, 0.5) is 28.9 Å². The number of aliphatic hydroxyl groups is 1. The van der Waals surface area contributed by atoms with Gasteiger partial charge in [-0.05, 0) is 23.6 Å². The van der Waals surface area contributed by atoms with Gasteiger partial charge in [0.25, 0.3) is 11.6 Å². The Labute approximate surface area is 210 Å². The van der Waals surface area contributed by atoms with Crippen LogP contribution in [0, 0.1) is 65.8 Å². The van der Waals surface area contributed by atoms with Crippen LogP contribution in [-0.2, 0) is 17.1 Å². The van der Waals surface area contributed by atoms with Crippen LogP contribution in [0.2, 0.25) is 0 Å². The quantitative estimate of drug-likeness (QED) is 0.233. The average molecular weight is 651 g/mol. The number of aliphatic hydroxyl groups excluding tert-OH is 1. The Morgan fingerprint density at radius 1 is 1.10 bits per heavy atom. The molecule has 11 heteroatoms. The van der Waals surface area contributed by atoms with Gasteiger partial charge in [-0.15, -0.1) is 0 Å². The molecule has 0 aliphatic heterocycles. The molecular formula is C20H16AcF4N2O4. The number of hydrogen-bond donors (Lipinski definition) is 2. The molecular weight excluding hydrogens is 635 g/mol. The fourth-order valence-corrected chi connectivity index (χ4v) is 3.09. The molecule has 0 spiro atoms. The molecule has 3 aromatic carbocycles. The number of carbonyl (C=O) groups is 1. The summed E-state index contributed by atoms with van der Waals surface area (Å²) in [5.41, 5.74) is -2.68. The average Bonchev–Trinajstić information content (AvgIpc) is 2.71. The van der Waals surface area contributed by atoms with Gasteiger partial charge in [0.2, 0.25) is 0 Å². The summed E-state index contributed by atoms with van der Waals surface area (Å²) in [6.07, 6.45) is -0.454. The van der Waals surface area contributed by atoms with Crippen molar-refractivity contribution in [2.24, 2.45) is 0 Å². The zero-order chi connectivity index (χ0) is 22.1. The Balaban J connectivity index is 0.00000256. The first-order valence-electron chi connectivity index (χ1n) is 8.62. The number of anilines is 1. The molecule has 0 unspecified atom stereocenters. The summed E-state index contributed by atoms with van der Waals surface area (Å²) in [5, 5.41) is 21.4. The molecule has 0 aliphatic rings. The van der Waals surface area contributed by atoms with E-state index in [0.717, 1.165) is 24.3 Å². The first-order valence-corrected chi connectivity index (χ1v) is 8.62. The number of rotatable bonds is 6. The summed E-state index contributed by atoms with van der Waals surface area (Å²) in [6, 6.07) is 8.53. The summed E-state index contributed by atoms with van der Waals surface area (Å²) < 4.78 is 58.3. The maximum Gasteiger partial charge on any atom is 0.350 e. The summed E-state index contributed by atoms with van der Waals surface area (Å²) in [7, 11) is 0. The monoisotopic (exact) mass is 651 g/mol. The number of hydrogen-bond acceptors (Lipinski definition) is 4. The maximum absolute atomic E-state index is 14.9. The molecule has 1 amide bonds. The molecule has 0 bridgehead atoms. The van der Waals surface area contributed by atoms with Crippen LogP contribution < -0.4 is 5.32 Å². The van der Waals surface area contributed by atoms with Crippen molar-refractivity contribution in [1.82, 2.24) is 0 Å². The minimum absolute atomic E-state index is 0.